The van der Waals surface area contributed by atoms with Gasteiger partial charge in [0.05, 0.1) is 5.92 Å². The molecule has 0 amide bonds. The molecule has 0 aliphatic rings. The van der Waals surface area contributed by atoms with Crippen LogP contribution in [0.4, 0.5) is 4.39 Å². The number of phenolic OH excluding ortho intramolecular Hbond substituents is 1. The molecule has 1 aromatic carbocycles. The normalized spacial score (nSPS) is 12.5. The number of carboxylic acids is 1. The molecule has 0 bridgehead atoms. The molecule has 1 atom stereocenters. The maximum Gasteiger partial charge on any atom is 0.312 e. The van der Waals surface area contributed by atoms with Crippen LogP contribution in [0.25, 0.3) is 0 Å². The maximum absolute atomic E-state index is 13.5. The maximum atomic E-state index is 13.5. The lowest BCUT2D eigenvalue weighted by Gasteiger charge is -2.12. The molecule has 0 aromatic heterocycles. The van der Waals surface area contributed by atoms with Crippen molar-refractivity contribution in [3.63, 3.8) is 0 Å². The van der Waals surface area contributed by atoms with Crippen molar-refractivity contribution >= 4 is 5.97 Å². The predicted molar refractivity (Wildman–Crippen MR) is 52.2 cm³/mol. The SMILES string of the molecule is Cc1cc(O)cc(C(CN)C(=O)O)c1F. The molecule has 82 valence electrons. The molecule has 1 aromatic rings. The highest BCUT2D eigenvalue weighted by atomic mass is 19.1. The summed E-state index contributed by atoms with van der Waals surface area (Å²) in [6.07, 6.45) is 0. The Morgan fingerprint density at radius 1 is 1.60 bits per heavy atom. The first-order chi connectivity index (χ1) is 6.97. The van der Waals surface area contributed by atoms with Gasteiger partial charge < -0.3 is 15.9 Å². The van der Waals surface area contributed by atoms with Crippen molar-refractivity contribution in [3.8, 4) is 5.75 Å². The molecule has 0 spiro atoms. The summed E-state index contributed by atoms with van der Waals surface area (Å²) in [6, 6.07) is 2.32. The van der Waals surface area contributed by atoms with Crippen LogP contribution in [0.5, 0.6) is 5.75 Å². The Bertz CT molecular complexity index is 392. The second-order valence-electron chi connectivity index (χ2n) is 3.29. The van der Waals surface area contributed by atoms with Gasteiger partial charge in [0.2, 0.25) is 0 Å². The summed E-state index contributed by atoms with van der Waals surface area (Å²) in [5.41, 5.74) is 5.36. The minimum atomic E-state index is -1.21. The second-order valence-corrected chi connectivity index (χ2v) is 3.29. The Hall–Kier alpha value is -1.62. The van der Waals surface area contributed by atoms with Crippen molar-refractivity contribution in [2.75, 3.05) is 6.54 Å². The summed E-state index contributed by atoms with van der Waals surface area (Å²) in [5, 5.41) is 18.0. The number of benzene rings is 1. The van der Waals surface area contributed by atoms with E-state index in [-0.39, 0.29) is 23.4 Å². The summed E-state index contributed by atoms with van der Waals surface area (Å²) in [5.74, 6) is -3.13. The number of phenols is 1. The Kier molecular flexibility index (Phi) is 3.26. The molecule has 4 N–H and O–H groups in total. The fraction of sp³-hybridized carbons (Fsp3) is 0.300. The number of carbonyl (C=O) groups is 1. The van der Waals surface area contributed by atoms with Gasteiger partial charge in [-0.1, -0.05) is 0 Å². The highest BCUT2D eigenvalue weighted by Crippen LogP contribution is 2.26. The Balaban J connectivity index is 3.28. The molecule has 1 unspecified atom stereocenters. The number of aryl methyl sites for hydroxylation is 1. The number of aliphatic carboxylic acids is 1. The van der Waals surface area contributed by atoms with E-state index in [1.165, 1.54) is 13.0 Å². The Labute approximate surface area is 86.1 Å². The second kappa shape index (κ2) is 4.27. The van der Waals surface area contributed by atoms with Gasteiger partial charge in [-0.3, -0.25) is 4.79 Å². The topological polar surface area (TPSA) is 83.5 Å². The van der Waals surface area contributed by atoms with Gasteiger partial charge >= 0.3 is 5.97 Å². The van der Waals surface area contributed by atoms with Crippen LogP contribution >= 0.6 is 0 Å². The van der Waals surface area contributed by atoms with Gasteiger partial charge in [-0.15, -0.1) is 0 Å². The van der Waals surface area contributed by atoms with Crippen LogP contribution < -0.4 is 5.73 Å². The van der Waals surface area contributed by atoms with E-state index >= 15 is 0 Å². The van der Waals surface area contributed by atoms with Gasteiger partial charge in [-0.25, -0.2) is 4.39 Å². The van der Waals surface area contributed by atoms with E-state index in [4.69, 9.17) is 10.8 Å². The molecule has 0 fully saturated rings. The quantitative estimate of drug-likeness (QED) is 0.698. The van der Waals surface area contributed by atoms with Gasteiger partial charge in [0.1, 0.15) is 11.6 Å². The molecule has 1 rings (SSSR count). The van der Waals surface area contributed by atoms with E-state index in [0.29, 0.717) is 0 Å². The van der Waals surface area contributed by atoms with E-state index in [1.54, 1.807) is 0 Å². The summed E-state index contributed by atoms with van der Waals surface area (Å²) >= 11 is 0. The Morgan fingerprint density at radius 2 is 2.20 bits per heavy atom. The average Bonchev–Trinajstić information content (AvgIpc) is 2.13. The van der Waals surface area contributed by atoms with E-state index < -0.39 is 17.7 Å². The van der Waals surface area contributed by atoms with Crippen molar-refractivity contribution in [2.45, 2.75) is 12.8 Å². The third kappa shape index (κ3) is 2.24. The lowest BCUT2D eigenvalue weighted by molar-refractivity contribution is -0.138. The highest BCUT2D eigenvalue weighted by molar-refractivity contribution is 5.76. The lowest BCUT2D eigenvalue weighted by atomic mass is 9.96. The van der Waals surface area contributed by atoms with Crippen LogP contribution in [-0.2, 0) is 4.79 Å². The fourth-order valence-corrected chi connectivity index (χ4v) is 1.39. The lowest BCUT2D eigenvalue weighted by Crippen LogP contribution is -2.22. The fourth-order valence-electron chi connectivity index (χ4n) is 1.39. The number of hydrogen-bond acceptors (Lipinski definition) is 3. The molecule has 5 heteroatoms. The molecule has 0 aliphatic carbocycles. The highest BCUT2D eigenvalue weighted by Gasteiger charge is 2.23. The summed E-state index contributed by atoms with van der Waals surface area (Å²) in [4.78, 5) is 10.8. The monoisotopic (exact) mass is 213 g/mol. The van der Waals surface area contributed by atoms with Crippen LogP contribution in [0, 0.1) is 12.7 Å². The van der Waals surface area contributed by atoms with E-state index in [9.17, 15) is 14.3 Å². The number of carboxylic acid groups (broad SMARTS) is 1. The van der Waals surface area contributed by atoms with Crippen LogP contribution in [-0.4, -0.2) is 22.7 Å². The zero-order chi connectivity index (χ0) is 11.6. The molecule has 0 aliphatic heterocycles. The van der Waals surface area contributed by atoms with Gasteiger partial charge in [-0.05, 0) is 24.6 Å². The van der Waals surface area contributed by atoms with Crippen LogP contribution in [0.1, 0.15) is 17.0 Å². The predicted octanol–water partition coefficient (Wildman–Crippen LogP) is 0.967. The summed E-state index contributed by atoms with van der Waals surface area (Å²) in [7, 11) is 0. The van der Waals surface area contributed by atoms with Gasteiger partial charge in [0, 0.05) is 12.1 Å². The standard InChI is InChI=1S/C10H12FNO3/c1-5-2-6(13)3-7(9(5)11)8(4-12)10(14)15/h2-3,8,13H,4,12H2,1H3,(H,14,15). The zero-order valence-corrected chi connectivity index (χ0v) is 8.20. The van der Waals surface area contributed by atoms with Crippen molar-refractivity contribution in [2.24, 2.45) is 5.73 Å². The Morgan fingerprint density at radius 3 is 2.67 bits per heavy atom. The number of nitrogens with two attached hydrogens (primary N) is 1. The average molecular weight is 213 g/mol. The minimum absolute atomic E-state index is 0.0810. The summed E-state index contributed by atoms with van der Waals surface area (Å²) in [6.45, 7) is 1.24. The number of rotatable bonds is 3. The first-order valence-corrected chi connectivity index (χ1v) is 4.39. The van der Waals surface area contributed by atoms with Crippen LogP contribution in [0.15, 0.2) is 12.1 Å². The molecular formula is C10H12FNO3. The van der Waals surface area contributed by atoms with Gasteiger partial charge in [-0.2, -0.15) is 0 Å². The van der Waals surface area contributed by atoms with Crippen molar-refractivity contribution in [1.29, 1.82) is 0 Å². The van der Waals surface area contributed by atoms with Gasteiger partial charge in [0.25, 0.3) is 0 Å². The third-order valence-electron chi connectivity index (χ3n) is 2.18. The third-order valence-corrected chi connectivity index (χ3v) is 2.18. The molecular weight excluding hydrogens is 201 g/mol. The molecule has 0 saturated carbocycles. The van der Waals surface area contributed by atoms with Crippen LogP contribution in [0.2, 0.25) is 0 Å². The molecule has 0 saturated heterocycles. The smallest absolute Gasteiger partial charge is 0.312 e. The zero-order valence-electron chi connectivity index (χ0n) is 8.20. The number of hydrogen-bond donors (Lipinski definition) is 3. The first kappa shape index (κ1) is 11.5. The first-order valence-electron chi connectivity index (χ1n) is 4.39. The molecule has 0 radical (unpaired) electrons. The van der Waals surface area contributed by atoms with Crippen LogP contribution in [0.3, 0.4) is 0 Å². The summed E-state index contributed by atoms with van der Waals surface area (Å²) < 4.78 is 13.5. The van der Waals surface area contributed by atoms with Gasteiger partial charge in [0.15, 0.2) is 0 Å². The van der Waals surface area contributed by atoms with Crippen molar-refractivity contribution in [1.82, 2.24) is 0 Å². The van der Waals surface area contributed by atoms with Crippen molar-refractivity contribution in [3.05, 3.63) is 29.1 Å². The molecule has 0 heterocycles. The van der Waals surface area contributed by atoms with Crippen molar-refractivity contribution < 1.29 is 19.4 Å². The minimum Gasteiger partial charge on any atom is -0.508 e. The molecule has 4 nitrogen and oxygen atoms in total. The van der Waals surface area contributed by atoms with E-state index in [2.05, 4.69) is 0 Å². The molecule has 15 heavy (non-hydrogen) atoms. The van der Waals surface area contributed by atoms with E-state index in [0.717, 1.165) is 6.07 Å². The number of aromatic hydroxyl groups is 1. The van der Waals surface area contributed by atoms with E-state index in [1.807, 2.05) is 0 Å². The number of halogens is 1. The largest absolute Gasteiger partial charge is 0.508 e.